The van der Waals surface area contributed by atoms with Gasteiger partial charge in [0.05, 0.1) is 38.1 Å². The van der Waals surface area contributed by atoms with Crippen LogP contribution in [0.3, 0.4) is 0 Å². The maximum Gasteiger partial charge on any atom is 0.192 e. The second-order valence-corrected chi connectivity index (χ2v) is 21.1. The number of Topliss-reactive ketones (excluding diaryl/α,β-unsaturated/α-hetero) is 1. The van der Waals surface area contributed by atoms with E-state index in [2.05, 4.69) is 53.7 Å². The Hall–Kier alpha value is -1.54. The molecule has 0 N–H and O–H groups in total. The van der Waals surface area contributed by atoms with E-state index >= 15 is 0 Å². The van der Waals surface area contributed by atoms with E-state index < -0.39 is 19.5 Å². The molecule has 0 spiro atoms. The summed E-state index contributed by atoms with van der Waals surface area (Å²) in [4.78, 5) is 14.6. The van der Waals surface area contributed by atoms with Gasteiger partial charge in [0.2, 0.25) is 0 Å². The second-order valence-electron chi connectivity index (χ2n) is 15.5. The molecule has 2 saturated heterocycles. The Morgan fingerprint density at radius 3 is 2.43 bits per heavy atom. The highest BCUT2D eigenvalue weighted by Crippen LogP contribution is 2.51. The first-order valence-corrected chi connectivity index (χ1v) is 22.4. The number of rotatable bonds is 18. The number of hydrogen-bond donors (Lipinski definition) is 0. The molecule has 0 bridgehead atoms. The van der Waals surface area contributed by atoms with E-state index in [9.17, 15) is 10.1 Å². The third kappa shape index (κ3) is 10.2. The minimum atomic E-state index is -1.93. The van der Waals surface area contributed by atoms with Gasteiger partial charge in [-0.1, -0.05) is 68.6 Å². The van der Waals surface area contributed by atoms with E-state index in [0.717, 1.165) is 42.1 Å². The molecule has 51 heavy (non-hydrogen) atoms. The number of ether oxygens (including phenoxy) is 4. The molecule has 6 atom stereocenters. The van der Waals surface area contributed by atoms with E-state index in [4.69, 9.17) is 46.6 Å². The number of allylic oxidation sites excluding steroid dienone is 1. The molecule has 0 aromatic heterocycles. The molecule has 0 saturated carbocycles. The van der Waals surface area contributed by atoms with Crippen LogP contribution < -0.4 is 0 Å². The van der Waals surface area contributed by atoms with Crippen molar-refractivity contribution in [3.8, 4) is 6.07 Å². The molecule has 2 fully saturated rings. The molecule has 2 aliphatic heterocycles. The van der Waals surface area contributed by atoms with Gasteiger partial charge < -0.3 is 23.4 Å². The first kappa shape index (κ1) is 42.2. The monoisotopic (exact) mass is 761 g/mol. The predicted octanol–water partition coefficient (Wildman–Crippen LogP) is 10.8. The molecular weight excluding hydrogens is 701 g/mol. The van der Waals surface area contributed by atoms with Gasteiger partial charge >= 0.3 is 0 Å². The average Bonchev–Trinajstić information content (AvgIpc) is 3.66. The van der Waals surface area contributed by atoms with Crippen LogP contribution >= 0.6 is 23.2 Å². The smallest absolute Gasteiger partial charge is 0.192 e. The van der Waals surface area contributed by atoms with Crippen molar-refractivity contribution < 1.29 is 28.2 Å². The number of carbonyl (C=O) groups excluding carboxylic acids is 1. The molecule has 0 amide bonds. The van der Waals surface area contributed by atoms with Crippen LogP contribution in [-0.2, 0) is 34.8 Å². The Morgan fingerprint density at radius 2 is 1.82 bits per heavy atom. The van der Waals surface area contributed by atoms with E-state index in [0.29, 0.717) is 74.5 Å². The van der Waals surface area contributed by atoms with Crippen molar-refractivity contribution in [1.29, 1.82) is 5.26 Å². The van der Waals surface area contributed by atoms with Crippen molar-refractivity contribution >= 4 is 37.3 Å². The van der Waals surface area contributed by atoms with Crippen LogP contribution in [-0.4, -0.2) is 58.0 Å². The fraction of sp³-hybridized carbons (Fsp3) is 0.707. The molecule has 0 unspecified atom stereocenters. The molecule has 1 aromatic rings. The highest BCUT2D eigenvalue weighted by molar-refractivity contribution is 6.73. The molecule has 10 heteroatoms. The number of ketones is 1. The molecule has 2 heterocycles. The van der Waals surface area contributed by atoms with Crippen LogP contribution in [0, 0.1) is 28.6 Å². The number of benzene rings is 1. The van der Waals surface area contributed by atoms with Crippen LogP contribution in [0.4, 0.5) is 0 Å². The number of halogens is 2. The summed E-state index contributed by atoms with van der Waals surface area (Å²) in [5.74, 6) is -0.170. The van der Waals surface area contributed by atoms with Crippen molar-refractivity contribution in [2.45, 2.75) is 149 Å². The Morgan fingerprint density at radius 1 is 1.14 bits per heavy atom. The maximum atomic E-state index is 14.6. The van der Waals surface area contributed by atoms with Gasteiger partial charge in [-0.05, 0) is 107 Å². The van der Waals surface area contributed by atoms with Gasteiger partial charge in [0.15, 0.2) is 14.1 Å². The normalized spacial score (nSPS) is 28.3. The summed E-state index contributed by atoms with van der Waals surface area (Å²) in [5, 5.41) is 11.0. The Labute approximate surface area is 318 Å². The lowest BCUT2D eigenvalue weighted by molar-refractivity contribution is -0.137. The van der Waals surface area contributed by atoms with E-state index in [1.807, 2.05) is 32.0 Å². The number of nitriles is 1. The molecule has 4 rings (SSSR count). The van der Waals surface area contributed by atoms with Gasteiger partial charge in [-0.15, -0.1) is 0 Å². The van der Waals surface area contributed by atoms with Crippen molar-refractivity contribution in [3.63, 3.8) is 0 Å². The quantitative estimate of drug-likeness (QED) is 0.109. The van der Waals surface area contributed by atoms with Gasteiger partial charge in [-0.3, -0.25) is 4.79 Å². The van der Waals surface area contributed by atoms with Crippen LogP contribution in [0.2, 0.25) is 28.2 Å². The molecule has 3 aliphatic rings. The number of hydrogen-bond acceptors (Lipinski definition) is 7. The molecule has 1 aliphatic carbocycles. The Balaban J connectivity index is 1.47. The summed E-state index contributed by atoms with van der Waals surface area (Å²) in [5.41, 5.74) is 3.71. The van der Waals surface area contributed by atoms with Crippen LogP contribution in [0.15, 0.2) is 41.0 Å². The van der Waals surface area contributed by atoms with Crippen LogP contribution in [0.25, 0.3) is 0 Å². The molecule has 0 radical (unpaired) electrons. The van der Waals surface area contributed by atoms with Gasteiger partial charge in [-0.25, -0.2) is 0 Å². The average molecular weight is 763 g/mol. The zero-order chi connectivity index (χ0) is 37.4. The van der Waals surface area contributed by atoms with Gasteiger partial charge in [0.25, 0.3) is 0 Å². The Bertz CT molecular complexity index is 1420. The summed E-state index contributed by atoms with van der Waals surface area (Å²) in [7, 11) is -1.93. The van der Waals surface area contributed by atoms with Crippen molar-refractivity contribution in [2.75, 3.05) is 19.8 Å². The maximum absolute atomic E-state index is 14.6. The van der Waals surface area contributed by atoms with E-state index in [-0.39, 0.29) is 30.0 Å². The van der Waals surface area contributed by atoms with Gasteiger partial charge in [0.1, 0.15) is 11.9 Å². The Kier molecular flexibility index (Phi) is 15.4. The molecule has 284 valence electrons. The SMILES string of the molecule is CC[Si](CC)(CC)OC[C@@H]1C(C)=C([C@@H]2COC(C)(C)O2)CC[C@]1(CCC#N)C(=O)CC/C=C(\C)[C@@H]1O[C@H](COCc2c(Cl)cccc2Cl)C[C@H]1C. The molecule has 7 nitrogen and oxygen atoms in total. The van der Waals surface area contributed by atoms with Crippen LogP contribution in [0.5, 0.6) is 0 Å². The van der Waals surface area contributed by atoms with E-state index in [1.165, 1.54) is 11.1 Å². The van der Waals surface area contributed by atoms with Gasteiger partial charge in [0, 0.05) is 46.4 Å². The second kappa shape index (κ2) is 18.7. The predicted molar refractivity (Wildman–Crippen MR) is 207 cm³/mol. The lowest BCUT2D eigenvalue weighted by atomic mass is 9.59. The molecule has 1 aromatic carbocycles. The standard InChI is InChI=1S/C41H61Cl2NO6Si/c1-9-51(10-2,11-3)48-26-34-30(6)32(37-27-47-40(7,8)50-37)19-21-41(34,20-14-22-44)38(45)18-12-15-28(4)39-29(5)23-31(49-39)24-46-25-33-35(42)16-13-17-36(33)43/h13,15-17,29,31,34,37,39H,9-12,14,18-21,23-27H2,1-8H3/b28-15+/t29-,31+,34-,37+,39+,41+/m1/s1. The highest BCUT2D eigenvalue weighted by Gasteiger charge is 2.50. The zero-order valence-corrected chi connectivity index (χ0v) is 34.8. The largest absolute Gasteiger partial charge is 0.416 e. The third-order valence-corrected chi connectivity index (χ3v) is 17.4. The highest BCUT2D eigenvalue weighted by atomic mass is 35.5. The zero-order valence-electron chi connectivity index (χ0n) is 32.2. The van der Waals surface area contributed by atoms with Crippen molar-refractivity contribution in [2.24, 2.45) is 17.3 Å². The molecular formula is C41H61Cl2NO6Si. The summed E-state index contributed by atoms with van der Waals surface area (Å²) < 4.78 is 31.7. The number of nitrogens with zero attached hydrogens (tertiary/aromatic N) is 1. The number of carbonyl (C=O) groups is 1. The topological polar surface area (TPSA) is 87.0 Å². The minimum Gasteiger partial charge on any atom is -0.416 e. The summed E-state index contributed by atoms with van der Waals surface area (Å²) in [6, 6.07) is 11.0. The lowest BCUT2D eigenvalue weighted by Gasteiger charge is -2.46. The van der Waals surface area contributed by atoms with Crippen molar-refractivity contribution in [3.05, 3.63) is 56.6 Å². The summed E-state index contributed by atoms with van der Waals surface area (Å²) >= 11 is 12.6. The first-order valence-electron chi connectivity index (χ1n) is 19.1. The lowest BCUT2D eigenvalue weighted by Crippen LogP contribution is -2.47. The fourth-order valence-electron chi connectivity index (χ4n) is 8.65. The summed E-state index contributed by atoms with van der Waals surface area (Å²) in [6.45, 7) is 18.9. The van der Waals surface area contributed by atoms with Crippen molar-refractivity contribution in [1.82, 2.24) is 0 Å². The van der Waals surface area contributed by atoms with E-state index in [1.54, 1.807) is 0 Å². The van der Waals surface area contributed by atoms with Gasteiger partial charge in [-0.2, -0.15) is 5.26 Å². The minimum absolute atomic E-state index is 0.0256. The summed E-state index contributed by atoms with van der Waals surface area (Å²) in [6.07, 6.45) is 6.28. The van der Waals surface area contributed by atoms with Crippen LogP contribution in [0.1, 0.15) is 106 Å². The fourth-order valence-corrected chi connectivity index (χ4v) is 11.8. The third-order valence-electron chi connectivity index (χ3n) is 12.1. The first-order chi connectivity index (χ1) is 24.2.